The summed E-state index contributed by atoms with van der Waals surface area (Å²) < 4.78 is 35.1. The lowest BCUT2D eigenvalue weighted by atomic mass is 9.95. The standard InChI is InChI=1S/C35H41N3O11/c1-17(36)34(43)38-26-11-10-22(16-44-28-13-27-30(23(15-39)14-37-27)25-9-7-6-8-24(25)28)12-29(26)49-35-33(48-21(5)42)32(47-20(4)41)31(18(2)45-35)46-19(3)40/h6-13,17-18,23,31-33,35,37,39H,14-16,36H2,1-5H3,(H,38,43)/t17-,18+,23-,31+,32-,33+,35-/m0/s1. The number of benzene rings is 3. The molecule has 5 rings (SSSR count). The Labute approximate surface area is 283 Å². The van der Waals surface area contributed by atoms with Crippen LogP contribution in [0.4, 0.5) is 11.4 Å². The SMILES string of the molecule is CC(=O)O[C@@H]1[C@@H](OC(C)=O)[C@H](Oc2cc(COc3cc4c(c5ccccc35)[C@H](CO)CN4)ccc2NC(=O)[C@H](C)N)O[C@H](C)[C@H]1OC(C)=O. The van der Waals surface area contributed by atoms with Gasteiger partial charge in [0, 0.05) is 50.4 Å². The third-order valence-electron chi connectivity index (χ3n) is 8.20. The fourth-order valence-electron chi connectivity index (χ4n) is 6.02. The van der Waals surface area contributed by atoms with E-state index < -0.39 is 60.6 Å². The molecule has 1 amide bonds. The minimum atomic E-state index is -1.37. The number of hydrogen-bond donors (Lipinski definition) is 4. The van der Waals surface area contributed by atoms with Crippen LogP contribution in [0.5, 0.6) is 11.5 Å². The molecule has 0 bridgehead atoms. The van der Waals surface area contributed by atoms with Gasteiger partial charge in [0.1, 0.15) is 18.1 Å². The van der Waals surface area contributed by atoms with Crippen molar-refractivity contribution in [3.8, 4) is 11.5 Å². The summed E-state index contributed by atoms with van der Waals surface area (Å²) in [5, 5.41) is 17.9. The van der Waals surface area contributed by atoms with Gasteiger partial charge in [-0.3, -0.25) is 19.2 Å². The van der Waals surface area contributed by atoms with E-state index in [1.807, 2.05) is 30.3 Å². The number of fused-ring (bicyclic) bond motifs is 3. The van der Waals surface area contributed by atoms with Crippen LogP contribution in [0.25, 0.3) is 10.8 Å². The molecule has 0 unspecified atom stereocenters. The first-order chi connectivity index (χ1) is 23.4. The van der Waals surface area contributed by atoms with Crippen molar-refractivity contribution in [3.05, 3.63) is 59.7 Å². The van der Waals surface area contributed by atoms with Crippen molar-refractivity contribution in [3.63, 3.8) is 0 Å². The highest BCUT2D eigenvalue weighted by Crippen LogP contribution is 2.42. The third-order valence-corrected chi connectivity index (χ3v) is 8.20. The smallest absolute Gasteiger partial charge is 0.303 e. The van der Waals surface area contributed by atoms with Crippen LogP contribution in [-0.2, 0) is 44.7 Å². The summed E-state index contributed by atoms with van der Waals surface area (Å²) in [6, 6.07) is 13.9. The van der Waals surface area contributed by atoms with Crippen LogP contribution >= 0.6 is 0 Å². The fraction of sp³-hybridized carbons (Fsp3) is 0.429. The summed E-state index contributed by atoms with van der Waals surface area (Å²) >= 11 is 0. The van der Waals surface area contributed by atoms with Gasteiger partial charge in [-0.25, -0.2) is 0 Å². The average molecular weight is 680 g/mol. The van der Waals surface area contributed by atoms with Gasteiger partial charge >= 0.3 is 17.9 Å². The monoisotopic (exact) mass is 679 g/mol. The summed E-state index contributed by atoms with van der Waals surface area (Å²) in [6.07, 6.45) is -6.01. The normalized spacial score (nSPS) is 23.4. The lowest BCUT2D eigenvalue weighted by molar-refractivity contribution is -0.280. The molecule has 2 aliphatic rings. The van der Waals surface area contributed by atoms with Crippen LogP contribution in [0, 0.1) is 0 Å². The number of aliphatic hydroxyl groups excluding tert-OH is 1. The summed E-state index contributed by atoms with van der Waals surface area (Å²) in [5.74, 6) is -1.89. The van der Waals surface area contributed by atoms with Crippen molar-refractivity contribution in [2.45, 2.75) is 83.9 Å². The molecule has 14 nitrogen and oxygen atoms in total. The van der Waals surface area contributed by atoms with Crippen molar-refractivity contribution < 1.29 is 52.7 Å². The quantitative estimate of drug-likeness (QED) is 0.171. The molecule has 2 heterocycles. The maximum atomic E-state index is 12.7. The maximum Gasteiger partial charge on any atom is 0.303 e. The van der Waals surface area contributed by atoms with Crippen molar-refractivity contribution in [1.82, 2.24) is 0 Å². The number of carbonyl (C=O) groups excluding carboxylic acids is 4. The van der Waals surface area contributed by atoms with Gasteiger partial charge in [0.15, 0.2) is 12.2 Å². The highest BCUT2D eigenvalue weighted by molar-refractivity contribution is 5.97. The summed E-state index contributed by atoms with van der Waals surface area (Å²) in [7, 11) is 0. The minimum Gasteiger partial charge on any atom is -0.488 e. The van der Waals surface area contributed by atoms with Crippen LogP contribution < -0.4 is 25.8 Å². The summed E-state index contributed by atoms with van der Waals surface area (Å²) in [5.41, 5.74) is 8.62. The molecule has 0 radical (unpaired) electrons. The van der Waals surface area contributed by atoms with E-state index in [1.54, 1.807) is 25.1 Å². The number of aliphatic hydroxyl groups is 1. The minimum absolute atomic E-state index is 0.0205. The molecule has 3 aromatic carbocycles. The van der Waals surface area contributed by atoms with Crippen molar-refractivity contribution in [2.24, 2.45) is 5.73 Å². The predicted octanol–water partition coefficient (Wildman–Crippen LogP) is 3.12. The molecule has 0 saturated carbocycles. The lowest BCUT2D eigenvalue weighted by Crippen LogP contribution is -2.62. The third kappa shape index (κ3) is 8.04. The molecular weight excluding hydrogens is 638 g/mol. The first kappa shape index (κ1) is 35.4. The maximum absolute atomic E-state index is 12.7. The Kier molecular flexibility index (Phi) is 10.9. The van der Waals surface area contributed by atoms with Crippen molar-refractivity contribution in [1.29, 1.82) is 0 Å². The Morgan fingerprint density at radius 1 is 0.939 bits per heavy atom. The van der Waals surface area contributed by atoms with Crippen molar-refractivity contribution >= 4 is 46.0 Å². The van der Waals surface area contributed by atoms with E-state index in [4.69, 9.17) is 34.2 Å². The molecule has 0 aromatic heterocycles. The molecule has 14 heteroatoms. The number of carbonyl (C=O) groups is 4. The molecule has 49 heavy (non-hydrogen) atoms. The fourth-order valence-corrected chi connectivity index (χ4v) is 6.02. The zero-order chi connectivity index (χ0) is 35.4. The number of nitrogens with one attached hydrogen (secondary N) is 2. The molecule has 5 N–H and O–H groups in total. The van der Waals surface area contributed by atoms with Crippen LogP contribution in [0.2, 0.25) is 0 Å². The number of ether oxygens (including phenoxy) is 6. The van der Waals surface area contributed by atoms with E-state index in [0.29, 0.717) is 17.9 Å². The Morgan fingerprint density at radius 3 is 2.24 bits per heavy atom. The molecule has 3 aromatic rings. The predicted molar refractivity (Wildman–Crippen MR) is 177 cm³/mol. The van der Waals surface area contributed by atoms with Gasteiger partial charge in [-0.15, -0.1) is 0 Å². The largest absolute Gasteiger partial charge is 0.488 e. The topological polar surface area (TPSA) is 194 Å². The second kappa shape index (κ2) is 15.1. The van der Waals surface area contributed by atoms with Gasteiger partial charge in [-0.05, 0) is 42.5 Å². The second-order valence-corrected chi connectivity index (χ2v) is 12.1. The Bertz CT molecular complexity index is 1730. The zero-order valence-corrected chi connectivity index (χ0v) is 27.9. The molecule has 2 aliphatic heterocycles. The number of amides is 1. The second-order valence-electron chi connectivity index (χ2n) is 12.1. The molecule has 262 valence electrons. The highest BCUT2D eigenvalue weighted by Gasteiger charge is 2.51. The first-order valence-corrected chi connectivity index (χ1v) is 15.9. The molecule has 1 fully saturated rings. The van der Waals surface area contributed by atoms with Crippen LogP contribution in [0.15, 0.2) is 48.5 Å². The van der Waals surface area contributed by atoms with Gasteiger partial charge in [0.05, 0.1) is 24.4 Å². The van der Waals surface area contributed by atoms with Gasteiger partial charge in [-0.2, -0.15) is 0 Å². The van der Waals surface area contributed by atoms with E-state index in [-0.39, 0.29) is 30.6 Å². The van der Waals surface area contributed by atoms with Gasteiger partial charge in [0.2, 0.25) is 18.3 Å². The molecule has 1 saturated heterocycles. The number of esters is 3. The van der Waals surface area contributed by atoms with Gasteiger partial charge in [0.25, 0.3) is 0 Å². The first-order valence-electron chi connectivity index (χ1n) is 15.9. The highest BCUT2D eigenvalue weighted by atomic mass is 16.7. The van der Waals surface area contributed by atoms with E-state index in [2.05, 4.69) is 10.6 Å². The van der Waals surface area contributed by atoms with Crippen LogP contribution in [0.3, 0.4) is 0 Å². The molecule has 0 spiro atoms. The Balaban J connectivity index is 1.48. The number of nitrogens with two attached hydrogens (primary N) is 1. The van der Waals surface area contributed by atoms with E-state index in [0.717, 1.165) is 28.9 Å². The Morgan fingerprint density at radius 2 is 1.59 bits per heavy atom. The summed E-state index contributed by atoms with van der Waals surface area (Å²) in [6.45, 7) is 7.36. The lowest BCUT2D eigenvalue weighted by Gasteiger charge is -2.43. The average Bonchev–Trinajstić information content (AvgIpc) is 3.47. The van der Waals surface area contributed by atoms with Gasteiger partial charge in [-0.1, -0.05) is 30.3 Å². The molecule has 7 atom stereocenters. The van der Waals surface area contributed by atoms with Crippen molar-refractivity contribution in [2.75, 3.05) is 23.8 Å². The Hall–Kier alpha value is -4.92. The summed E-state index contributed by atoms with van der Waals surface area (Å²) in [4.78, 5) is 48.9. The molecule has 0 aliphatic carbocycles. The van der Waals surface area contributed by atoms with Crippen LogP contribution in [-0.4, -0.2) is 78.8 Å². The molecular formula is C35H41N3O11. The number of rotatable bonds is 11. The zero-order valence-electron chi connectivity index (χ0n) is 27.9. The number of anilines is 2. The van der Waals surface area contributed by atoms with Gasteiger partial charge < -0.3 is 49.9 Å². The number of hydrogen-bond acceptors (Lipinski definition) is 13. The van der Waals surface area contributed by atoms with E-state index >= 15 is 0 Å². The van der Waals surface area contributed by atoms with Crippen LogP contribution in [0.1, 0.15) is 51.7 Å². The van der Waals surface area contributed by atoms with E-state index in [1.165, 1.54) is 20.8 Å². The van der Waals surface area contributed by atoms with E-state index in [9.17, 15) is 24.3 Å².